The lowest BCUT2D eigenvalue weighted by molar-refractivity contribution is -0.170. The van der Waals surface area contributed by atoms with E-state index in [0.29, 0.717) is 12.8 Å². The highest BCUT2D eigenvalue weighted by atomic mass is 79.9. The Hall–Kier alpha value is -0.660. The Morgan fingerprint density at radius 3 is 2.20 bits per heavy atom. The Labute approximate surface area is 122 Å². The molecule has 0 spiro atoms. The number of carbonyl (C=O) groups is 2. The predicted molar refractivity (Wildman–Crippen MR) is 68.3 cm³/mol. The number of rotatable bonds is 6. The van der Waals surface area contributed by atoms with Gasteiger partial charge in [0.2, 0.25) is 0 Å². The second kappa shape index (κ2) is 6.87. The highest BCUT2D eigenvalue weighted by molar-refractivity contribution is 9.09. The lowest BCUT2D eigenvalue weighted by Gasteiger charge is -2.35. The Morgan fingerprint density at radius 2 is 1.75 bits per heavy atom. The van der Waals surface area contributed by atoms with E-state index in [4.69, 9.17) is 0 Å². The van der Waals surface area contributed by atoms with Gasteiger partial charge in [0, 0.05) is 12.0 Å². The zero-order chi connectivity index (χ0) is 15.4. The van der Waals surface area contributed by atoms with Crippen molar-refractivity contribution >= 4 is 27.6 Å². The zero-order valence-corrected chi connectivity index (χ0v) is 12.3. The van der Waals surface area contributed by atoms with E-state index in [2.05, 4.69) is 15.9 Å². The number of amides is 1. The molecule has 1 N–H and O–H groups in total. The first-order valence-electron chi connectivity index (χ1n) is 6.30. The number of carbonyl (C=O) groups excluding carboxylic acids is 2. The molecule has 0 bridgehead atoms. The molecule has 0 aromatic carbocycles. The van der Waals surface area contributed by atoms with Crippen molar-refractivity contribution in [3.63, 3.8) is 0 Å². The van der Waals surface area contributed by atoms with Crippen LogP contribution in [0.25, 0.3) is 0 Å². The molecule has 1 aliphatic rings. The van der Waals surface area contributed by atoms with E-state index < -0.39 is 23.7 Å². The molecule has 0 radical (unpaired) electrons. The van der Waals surface area contributed by atoms with Gasteiger partial charge in [0.1, 0.15) is 0 Å². The molecular formula is C12H16BrF4NO2. The summed E-state index contributed by atoms with van der Waals surface area (Å²) < 4.78 is 49.8. The lowest BCUT2D eigenvalue weighted by Crippen LogP contribution is -2.51. The SMILES string of the molecule is O=C(CBr)C1(CNC(=O)C(F)(F)C(F)F)CCCCC1. The topological polar surface area (TPSA) is 46.2 Å². The number of halogens is 5. The molecule has 0 aromatic heterocycles. The van der Waals surface area contributed by atoms with Crippen LogP contribution in [0, 0.1) is 5.41 Å². The number of Topliss-reactive ketones (excluding diaryl/α,β-unsaturated/α-hetero) is 1. The fourth-order valence-corrected chi connectivity index (χ4v) is 2.99. The van der Waals surface area contributed by atoms with Crippen LogP contribution in [0.5, 0.6) is 0 Å². The molecule has 0 heterocycles. The van der Waals surface area contributed by atoms with E-state index in [0.717, 1.165) is 19.3 Å². The maximum absolute atomic E-state index is 12.8. The summed E-state index contributed by atoms with van der Waals surface area (Å²) in [6, 6.07) is 0. The van der Waals surface area contributed by atoms with Gasteiger partial charge in [-0.05, 0) is 12.8 Å². The lowest BCUT2D eigenvalue weighted by atomic mass is 9.71. The second-order valence-corrected chi connectivity index (χ2v) is 5.56. The molecule has 1 aliphatic carbocycles. The van der Waals surface area contributed by atoms with E-state index in [-0.39, 0.29) is 17.7 Å². The van der Waals surface area contributed by atoms with Crippen LogP contribution in [0.1, 0.15) is 32.1 Å². The molecule has 0 unspecified atom stereocenters. The summed E-state index contributed by atoms with van der Waals surface area (Å²) in [5.41, 5.74) is -0.921. The van der Waals surface area contributed by atoms with Crippen molar-refractivity contribution in [3.8, 4) is 0 Å². The van der Waals surface area contributed by atoms with E-state index >= 15 is 0 Å². The smallest absolute Gasteiger partial charge is 0.350 e. The van der Waals surface area contributed by atoms with Crippen molar-refractivity contribution in [2.75, 3.05) is 11.9 Å². The third-order valence-corrected chi connectivity index (χ3v) is 4.20. The zero-order valence-electron chi connectivity index (χ0n) is 10.7. The van der Waals surface area contributed by atoms with Gasteiger partial charge in [-0.2, -0.15) is 8.78 Å². The monoisotopic (exact) mass is 361 g/mol. The van der Waals surface area contributed by atoms with Crippen LogP contribution in [-0.4, -0.2) is 35.9 Å². The first kappa shape index (κ1) is 17.4. The molecule has 8 heteroatoms. The number of hydrogen-bond donors (Lipinski definition) is 1. The van der Waals surface area contributed by atoms with Crippen molar-refractivity contribution in [2.24, 2.45) is 5.41 Å². The average Bonchev–Trinajstić information content (AvgIpc) is 2.44. The number of nitrogens with one attached hydrogen (secondary N) is 1. The molecule has 1 fully saturated rings. The van der Waals surface area contributed by atoms with E-state index in [9.17, 15) is 27.2 Å². The number of alkyl halides is 5. The van der Waals surface area contributed by atoms with Crippen molar-refractivity contribution < 1.29 is 27.2 Å². The minimum Gasteiger partial charge on any atom is -0.350 e. The Morgan fingerprint density at radius 1 is 1.20 bits per heavy atom. The van der Waals surface area contributed by atoms with Gasteiger partial charge in [-0.3, -0.25) is 9.59 Å². The molecule has 0 aliphatic heterocycles. The van der Waals surface area contributed by atoms with Gasteiger partial charge in [-0.25, -0.2) is 8.78 Å². The molecule has 0 saturated heterocycles. The van der Waals surface area contributed by atoms with Crippen molar-refractivity contribution in [2.45, 2.75) is 44.5 Å². The highest BCUT2D eigenvalue weighted by Crippen LogP contribution is 2.37. The summed E-state index contributed by atoms with van der Waals surface area (Å²) >= 11 is 3.02. The van der Waals surface area contributed by atoms with Crippen molar-refractivity contribution in [1.29, 1.82) is 0 Å². The molecule has 116 valence electrons. The first-order valence-corrected chi connectivity index (χ1v) is 7.42. The van der Waals surface area contributed by atoms with Gasteiger partial charge in [0.25, 0.3) is 5.91 Å². The number of hydrogen-bond acceptors (Lipinski definition) is 2. The maximum atomic E-state index is 12.8. The van der Waals surface area contributed by atoms with Crippen LogP contribution >= 0.6 is 15.9 Å². The molecule has 0 atom stereocenters. The molecule has 20 heavy (non-hydrogen) atoms. The molecule has 1 rings (SSSR count). The van der Waals surface area contributed by atoms with Gasteiger partial charge >= 0.3 is 12.3 Å². The minimum absolute atomic E-state index is 0.0497. The van der Waals surface area contributed by atoms with E-state index in [1.165, 1.54) is 0 Å². The normalized spacial score (nSPS) is 18.9. The number of ketones is 1. The first-order chi connectivity index (χ1) is 9.26. The molecular weight excluding hydrogens is 346 g/mol. The predicted octanol–water partition coefficient (Wildman–Crippen LogP) is 2.92. The van der Waals surface area contributed by atoms with E-state index in [1.807, 2.05) is 5.32 Å². The second-order valence-electron chi connectivity index (χ2n) is 5.00. The standard InChI is InChI=1S/C12H16BrF4NO2/c13-6-8(19)11(4-2-1-3-5-11)7-18-10(20)12(16,17)9(14)15/h9H,1-7H2,(H,18,20). The minimum atomic E-state index is -4.73. The molecule has 0 aromatic rings. The van der Waals surface area contributed by atoms with Crippen LogP contribution in [0.15, 0.2) is 0 Å². The molecule has 1 amide bonds. The van der Waals surface area contributed by atoms with E-state index in [1.54, 1.807) is 0 Å². The van der Waals surface area contributed by atoms with Gasteiger partial charge < -0.3 is 5.32 Å². The quantitative estimate of drug-likeness (QED) is 0.584. The van der Waals surface area contributed by atoms with Crippen LogP contribution in [0.2, 0.25) is 0 Å². The Kier molecular flexibility index (Phi) is 5.97. The summed E-state index contributed by atoms with van der Waals surface area (Å²) in [4.78, 5) is 23.1. The van der Waals surface area contributed by atoms with Crippen molar-refractivity contribution in [1.82, 2.24) is 5.32 Å². The fraction of sp³-hybridized carbons (Fsp3) is 0.833. The summed E-state index contributed by atoms with van der Waals surface area (Å²) in [6.07, 6.45) is -0.689. The van der Waals surface area contributed by atoms with Crippen LogP contribution in [0.3, 0.4) is 0 Å². The summed E-state index contributed by atoms with van der Waals surface area (Å²) in [5.74, 6) is -6.95. The van der Waals surface area contributed by atoms with Crippen LogP contribution in [-0.2, 0) is 9.59 Å². The Balaban J connectivity index is 2.73. The average molecular weight is 362 g/mol. The maximum Gasteiger partial charge on any atom is 0.383 e. The third-order valence-electron chi connectivity index (χ3n) is 3.69. The Bertz CT molecular complexity index is 370. The highest BCUT2D eigenvalue weighted by Gasteiger charge is 2.50. The van der Waals surface area contributed by atoms with Crippen LogP contribution < -0.4 is 5.32 Å². The van der Waals surface area contributed by atoms with Gasteiger partial charge in [0.05, 0.1) is 5.33 Å². The third kappa shape index (κ3) is 3.71. The van der Waals surface area contributed by atoms with Crippen molar-refractivity contribution in [3.05, 3.63) is 0 Å². The summed E-state index contributed by atoms with van der Waals surface area (Å²) in [5, 5.41) is 1.87. The summed E-state index contributed by atoms with van der Waals surface area (Å²) in [7, 11) is 0. The molecule has 1 saturated carbocycles. The van der Waals surface area contributed by atoms with Gasteiger partial charge in [0.15, 0.2) is 5.78 Å². The molecule has 3 nitrogen and oxygen atoms in total. The van der Waals surface area contributed by atoms with Gasteiger partial charge in [-0.15, -0.1) is 0 Å². The van der Waals surface area contributed by atoms with Crippen LogP contribution in [0.4, 0.5) is 17.6 Å². The largest absolute Gasteiger partial charge is 0.383 e. The summed E-state index contributed by atoms with van der Waals surface area (Å²) in [6.45, 7) is -0.321. The van der Waals surface area contributed by atoms with Gasteiger partial charge in [-0.1, -0.05) is 35.2 Å². The fourth-order valence-electron chi connectivity index (χ4n) is 2.39.